The molecular formula is C23H26ClN7O5. The number of aryl methyl sites for hydroxylation is 1. The normalized spacial score (nSPS) is 14.0. The summed E-state index contributed by atoms with van der Waals surface area (Å²) in [6.07, 6.45) is 1.52. The Balaban J connectivity index is 1.54. The molecule has 1 amide bonds. The van der Waals surface area contributed by atoms with Gasteiger partial charge in [0.05, 0.1) is 18.3 Å². The van der Waals surface area contributed by atoms with E-state index in [1.54, 1.807) is 25.2 Å². The van der Waals surface area contributed by atoms with Gasteiger partial charge in [0, 0.05) is 51.3 Å². The number of carboxylic acid groups (broad SMARTS) is 1. The second-order valence-electron chi connectivity index (χ2n) is 8.26. The van der Waals surface area contributed by atoms with Crippen molar-refractivity contribution < 1.29 is 19.4 Å². The number of likely N-dealkylation sites (N-methyl/N-ethyl adjacent to an activating group) is 1. The van der Waals surface area contributed by atoms with E-state index in [-0.39, 0.29) is 30.4 Å². The van der Waals surface area contributed by atoms with E-state index in [9.17, 15) is 14.4 Å². The van der Waals surface area contributed by atoms with Crippen LogP contribution in [0.25, 0.3) is 10.9 Å². The zero-order valence-electron chi connectivity index (χ0n) is 19.8. The molecule has 0 aliphatic carbocycles. The number of nitrogens with zero attached hydrogens (tertiary/aromatic N) is 5. The number of anilines is 3. The van der Waals surface area contributed by atoms with Crippen LogP contribution in [0.1, 0.15) is 0 Å². The van der Waals surface area contributed by atoms with Gasteiger partial charge < -0.3 is 29.9 Å². The largest absolute Gasteiger partial charge is 0.480 e. The van der Waals surface area contributed by atoms with Crippen molar-refractivity contribution in [1.82, 2.24) is 24.8 Å². The lowest BCUT2D eigenvalue weighted by molar-refractivity contribution is -0.138. The second kappa shape index (κ2) is 10.8. The number of hydrogen-bond acceptors (Lipinski definition) is 9. The highest BCUT2D eigenvalue weighted by atomic mass is 35.5. The average Bonchev–Trinajstić information content (AvgIpc) is 2.86. The first kappa shape index (κ1) is 25.2. The fourth-order valence-corrected chi connectivity index (χ4v) is 4.02. The quantitative estimate of drug-likeness (QED) is 0.398. The number of aromatic nitrogens is 3. The van der Waals surface area contributed by atoms with Crippen LogP contribution in [-0.4, -0.2) is 82.8 Å². The van der Waals surface area contributed by atoms with Gasteiger partial charge >= 0.3 is 5.97 Å². The van der Waals surface area contributed by atoms with Gasteiger partial charge in [-0.05, 0) is 24.3 Å². The van der Waals surface area contributed by atoms with Gasteiger partial charge in [-0.15, -0.1) is 0 Å². The molecule has 0 bridgehead atoms. The molecule has 1 aliphatic heterocycles. The van der Waals surface area contributed by atoms with Gasteiger partial charge in [-0.2, -0.15) is 4.98 Å². The summed E-state index contributed by atoms with van der Waals surface area (Å²) in [6.45, 7) is 2.12. The van der Waals surface area contributed by atoms with Gasteiger partial charge in [0.25, 0.3) is 11.5 Å². The summed E-state index contributed by atoms with van der Waals surface area (Å²) < 4.78 is 6.87. The molecule has 1 aromatic carbocycles. The first-order valence-electron chi connectivity index (χ1n) is 11.2. The number of rotatable bonds is 8. The maximum absolute atomic E-state index is 12.6. The van der Waals surface area contributed by atoms with Gasteiger partial charge in [-0.1, -0.05) is 11.6 Å². The number of carbonyl (C=O) groups excluding carboxylic acids is 1. The molecule has 190 valence electrons. The van der Waals surface area contributed by atoms with Gasteiger partial charge in [-0.25, -0.2) is 4.98 Å². The number of ether oxygens (including phenoxy) is 1. The minimum Gasteiger partial charge on any atom is -0.480 e. The fourth-order valence-electron chi connectivity index (χ4n) is 3.88. The van der Waals surface area contributed by atoms with Crippen LogP contribution in [0.5, 0.6) is 5.75 Å². The number of halogens is 1. The predicted octanol–water partition coefficient (Wildman–Crippen LogP) is 1.06. The molecule has 3 N–H and O–H groups in total. The van der Waals surface area contributed by atoms with Crippen molar-refractivity contribution in [3.05, 3.63) is 45.8 Å². The van der Waals surface area contributed by atoms with Crippen LogP contribution in [0.2, 0.25) is 5.02 Å². The first-order valence-corrected chi connectivity index (χ1v) is 11.6. The molecular weight excluding hydrogens is 490 g/mol. The number of amides is 1. The summed E-state index contributed by atoms with van der Waals surface area (Å²) in [5, 5.41) is 15.7. The topological polar surface area (TPSA) is 142 Å². The van der Waals surface area contributed by atoms with Crippen molar-refractivity contribution in [3.8, 4) is 5.75 Å². The third-order valence-electron chi connectivity index (χ3n) is 5.84. The van der Waals surface area contributed by atoms with Gasteiger partial charge in [-0.3, -0.25) is 19.3 Å². The van der Waals surface area contributed by atoms with Crippen LogP contribution in [0.3, 0.4) is 0 Å². The number of piperazine rings is 1. The summed E-state index contributed by atoms with van der Waals surface area (Å²) in [7, 11) is 3.12. The molecule has 13 heteroatoms. The van der Waals surface area contributed by atoms with Gasteiger partial charge in [0.15, 0.2) is 18.2 Å². The Kier molecular flexibility index (Phi) is 7.55. The molecule has 1 fully saturated rings. The Morgan fingerprint density at radius 3 is 2.64 bits per heavy atom. The molecule has 1 aliphatic rings. The van der Waals surface area contributed by atoms with Crippen LogP contribution >= 0.6 is 11.6 Å². The van der Waals surface area contributed by atoms with Crippen molar-refractivity contribution in [2.75, 3.05) is 56.6 Å². The molecule has 0 saturated carbocycles. The number of pyridine rings is 1. The Morgan fingerprint density at radius 2 is 1.94 bits per heavy atom. The number of fused-ring (bicyclic) bond motifs is 1. The van der Waals surface area contributed by atoms with Gasteiger partial charge in [0.1, 0.15) is 5.02 Å². The number of benzene rings is 1. The van der Waals surface area contributed by atoms with Crippen molar-refractivity contribution in [2.24, 2.45) is 7.05 Å². The fraction of sp³-hybridized carbons (Fsp3) is 0.348. The van der Waals surface area contributed by atoms with E-state index in [1.807, 2.05) is 15.9 Å². The highest BCUT2D eigenvalue weighted by Gasteiger charge is 2.21. The van der Waals surface area contributed by atoms with Crippen molar-refractivity contribution in [3.63, 3.8) is 0 Å². The highest BCUT2D eigenvalue weighted by Crippen LogP contribution is 2.28. The molecule has 1 saturated heterocycles. The van der Waals surface area contributed by atoms with Crippen LogP contribution in [0, 0.1) is 0 Å². The lowest BCUT2D eigenvalue weighted by atomic mass is 10.2. The van der Waals surface area contributed by atoms with Crippen molar-refractivity contribution in [2.45, 2.75) is 0 Å². The number of carbonyl (C=O) groups is 2. The Hall–Kier alpha value is -3.90. The SMILES string of the molecule is CNC(=O)COc1cc2cc(Nc3nc(N4CCN(CC(=O)O)CC4)ncc3Cl)ccc2n(C)c1=O. The van der Waals surface area contributed by atoms with Crippen LogP contribution < -0.4 is 25.8 Å². The standard InChI is InChI=1S/C23H26ClN7O5/c1-25-19(32)13-36-18-10-14-9-15(3-4-17(14)29(2)22(18)35)27-21-16(24)11-26-23(28-21)31-7-5-30(6-8-31)12-20(33)34/h3-4,9-11H,5-8,12-13H2,1-2H3,(H,25,32)(H,33,34)(H,26,27,28). The average molecular weight is 516 g/mol. The molecule has 4 rings (SSSR count). The number of aliphatic carboxylic acids is 1. The number of hydrogen-bond donors (Lipinski definition) is 3. The smallest absolute Gasteiger partial charge is 0.317 e. The lowest BCUT2D eigenvalue weighted by Gasteiger charge is -2.33. The van der Waals surface area contributed by atoms with Crippen molar-refractivity contribution >= 4 is 51.8 Å². The zero-order chi connectivity index (χ0) is 25.8. The van der Waals surface area contributed by atoms with E-state index in [2.05, 4.69) is 20.6 Å². The van der Waals surface area contributed by atoms with Crippen LogP contribution in [-0.2, 0) is 16.6 Å². The van der Waals surface area contributed by atoms with E-state index in [0.29, 0.717) is 59.6 Å². The molecule has 2 aromatic heterocycles. The first-order chi connectivity index (χ1) is 17.2. The Bertz CT molecular complexity index is 1350. The lowest BCUT2D eigenvalue weighted by Crippen LogP contribution is -2.48. The molecule has 0 atom stereocenters. The minimum absolute atomic E-state index is 0.00817. The van der Waals surface area contributed by atoms with Crippen LogP contribution in [0.4, 0.5) is 17.5 Å². The Labute approximate surface area is 211 Å². The summed E-state index contributed by atoms with van der Waals surface area (Å²) >= 11 is 6.36. The van der Waals surface area contributed by atoms with E-state index >= 15 is 0 Å². The third-order valence-corrected chi connectivity index (χ3v) is 6.11. The minimum atomic E-state index is -0.849. The molecule has 36 heavy (non-hydrogen) atoms. The number of nitrogens with one attached hydrogen (secondary N) is 2. The summed E-state index contributed by atoms with van der Waals surface area (Å²) in [5.41, 5.74) is 1.02. The molecule has 0 unspecified atom stereocenters. The van der Waals surface area contributed by atoms with E-state index in [0.717, 1.165) is 0 Å². The second-order valence-corrected chi connectivity index (χ2v) is 8.66. The number of carboxylic acids is 1. The molecule has 3 aromatic rings. The molecule has 0 spiro atoms. The maximum atomic E-state index is 12.6. The summed E-state index contributed by atoms with van der Waals surface area (Å²) in [4.78, 5) is 47.8. The van der Waals surface area contributed by atoms with E-state index in [1.165, 1.54) is 17.8 Å². The highest BCUT2D eigenvalue weighted by molar-refractivity contribution is 6.32. The third kappa shape index (κ3) is 5.66. The van der Waals surface area contributed by atoms with E-state index < -0.39 is 5.97 Å². The predicted molar refractivity (Wildman–Crippen MR) is 135 cm³/mol. The van der Waals surface area contributed by atoms with E-state index in [4.69, 9.17) is 21.4 Å². The zero-order valence-corrected chi connectivity index (χ0v) is 20.6. The van der Waals surface area contributed by atoms with Crippen LogP contribution in [0.15, 0.2) is 35.3 Å². The van der Waals surface area contributed by atoms with Crippen molar-refractivity contribution in [1.29, 1.82) is 0 Å². The Morgan fingerprint density at radius 1 is 1.19 bits per heavy atom. The summed E-state index contributed by atoms with van der Waals surface area (Å²) in [5.74, 6) is -0.224. The molecule has 3 heterocycles. The molecule has 12 nitrogen and oxygen atoms in total. The maximum Gasteiger partial charge on any atom is 0.317 e. The molecule has 0 radical (unpaired) electrons. The van der Waals surface area contributed by atoms with Gasteiger partial charge in [0.2, 0.25) is 5.95 Å². The monoisotopic (exact) mass is 515 g/mol. The summed E-state index contributed by atoms with van der Waals surface area (Å²) in [6, 6.07) is 7.01.